The highest BCUT2D eigenvalue weighted by Gasteiger charge is 2.52. The first-order valence-corrected chi connectivity index (χ1v) is 9.47. The molecule has 2 aliphatic rings. The van der Waals surface area contributed by atoms with Gasteiger partial charge in [0.2, 0.25) is 0 Å². The number of aliphatic hydroxyl groups is 1. The van der Waals surface area contributed by atoms with Crippen LogP contribution in [-0.4, -0.2) is 46.5 Å². The molecule has 2 N–H and O–H groups in total. The number of hydrogen-bond donors (Lipinski definition) is 2. The normalized spacial score (nSPS) is 26.7. The largest absolute Gasteiger partial charge is 0.503 e. The Hall–Kier alpha value is -2.32. The number of β-amino-alcohol motifs (C(OH)–C–C–N with tert-alkyl or cyclic N) is 1. The molecule has 2 aromatic carbocycles. The number of rotatable bonds is 5. The summed E-state index contributed by atoms with van der Waals surface area (Å²) in [6, 6.07) is 5.33. The number of nitrogens with zero attached hydrogens (tertiary/aromatic N) is 1. The third kappa shape index (κ3) is 4.04. The highest BCUT2D eigenvalue weighted by Crippen LogP contribution is 2.43. The molecule has 1 aliphatic carbocycles. The molecule has 3 atom stereocenters. The van der Waals surface area contributed by atoms with E-state index >= 15 is 0 Å². The van der Waals surface area contributed by atoms with Crippen molar-refractivity contribution in [3.8, 4) is 11.5 Å². The Morgan fingerprint density at radius 1 is 1.07 bits per heavy atom. The summed E-state index contributed by atoms with van der Waals surface area (Å²) in [5, 5.41) is 20.1. The quantitative estimate of drug-likeness (QED) is 0.741. The van der Waals surface area contributed by atoms with Crippen molar-refractivity contribution >= 4 is 0 Å². The Morgan fingerprint density at radius 3 is 2.45 bits per heavy atom. The van der Waals surface area contributed by atoms with Crippen molar-refractivity contribution in [2.24, 2.45) is 5.92 Å². The minimum Gasteiger partial charge on any atom is -0.503 e. The van der Waals surface area contributed by atoms with E-state index < -0.39 is 34.6 Å². The van der Waals surface area contributed by atoms with Gasteiger partial charge in [-0.15, -0.1) is 0 Å². The Morgan fingerprint density at radius 2 is 1.79 bits per heavy atom. The van der Waals surface area contributed by atoms with Gasteiger partial charge in [-0.25, -0.2) is 17.6 Å². The molecule has 0 amide bonds. The fourth-order valence-corrected chi connectivity index (χ4v) is 4.44. The average Bonchev–Trinajstić information content (AvgIpc) is 3.10. The molecule has 8 heteroatoms. The Bertz CT molecular complexity index is 902. The van der Waals surface area contributed by atoms with Crippen molar-refractivity contribution in [2.75, 3.05) is 19.6 Å². The molecule has 1 saturated carbocycles. The fourth-order valence-electron chi connectivity index (χ4n) is 4.44. The van der Waals surface area contributed by atoms with Crippen molar-refractivity contribution in [2.45, 2.75) is 31.0 Å². The van der Waals surface area contributed by atoms with Crippen LogP contribution in [-0.2, 0) is 6.42 Å². The fraction of sp³-hybridized carbons (Fsp3) is 0.429. The van der Waals surface area contributed by atoms with E-state index in [9.17, 15) is 22.7 Å². The highest BCUT2D eigenvalue weighted by atomic mass is 19.1. The maximum atomic E-state index is 13.8. The van der Waals surface area contributed by atoms with Crippen LogP contribution in [0.4, 0.5) is 17.6 Å². The van der Waals surface area contributed by atoms with Crippen LogP contribution < -0.4 is 4.74 Å². The Kier molecular flexibility index (Phi) is 5.16. The molecule has 1 saturated heterocycles. The summed E-state index contributed by atoms with van der Waals surface area (Å²) in [5.41, 5.74) is -0.554. The number of likely N-dealkylation sites (tertiary alicyclic amines) is 1. The molecule has 156 valence electrons. The topological polar surface area (TPSA) is 52.9 Å². The molecule has 1 aliphatic heterocycles. The third-order valence-electron chi connectivity index (χ3n) is 5.85. The molecule has 0 unspecified atom stereocenters. The number of halogens is 4. The predicted molar refractivity (Wildman–Crippen MR) is 96.6 cm³/mol. The molecule has 29 heavy (non-hydrogen) atoms. The summed E-state index contributed by atoms with van der Waals surface area (Å²) < 4.78 is 59.4. The first-order chi connectivity index (χ1) is 13.7. The van der Waals surface area contributed by atoms with Gasteiger partial charge < -0.3 is 14.9 Å². The van der Waals surface area contributed by atoms with Crippen molar-refractivity contribution in [3.05, 3.63) is 59.2 Å². The molecule has 2 fully saturated rings. The maximum Gasteiger partial charge on any atom is 0.187 e. The van der Waals surface area contributed by atoms with Crippen LogP contribution in [0.25, 0.3) is 0 Å². The Labute approximate surface area is 165 Å². The molecular formula is C21H21F4NO3. The summed E-state index contributed by atoms with van der Waals surface area (Å²) in [6.07, 6.45) is 0.865. The van der Waals surface area contributed by atoms with Gasteiger partial charge in [0.1, 0.15) is 11.9 Å². The van der Waals surface area contributed by atoms with Crippen LogP contribution in [0.2, 0.25) is 0 Å². The minimum absolute atomic E-state index is 0.0341. The van der Waals surface area contributed by atoms with E-state index in [1.54, 1.807) is 0 Å². The van der Waals surface area contributed by atoms with E-state index in [4.69, 9.17) is 9.84 Å². The van der Waals surface area contributed by atoms with Crippen molar-refractivity contribution in [1.82, 2.24) is 4.90 Å². The van der Waals surface area contributed by atoms with E-state index in [0.717, 1.165) is 24.3 Å². The van der Waals surface area contributed by atoms with Crippen LogP contribution in [0.3, 0.4) is 0 Å². The van der Waals surface area contributed by atoms with Gasteiger partial charge in [-0.2, -0.15) is 0 Å². The van der Waals surface area contributed by atoms with Gasteiger partial charge >= 0.3 is 0 Å². The van der Waals surface area contributed by atoms with Crippen molar-refractivity contribution in [3.63, 3.8) is 0 Å². The second-order valence-electron chi connectivity index (χ2n) is 7.95. The molecular weight excluding hydrogens is 390 g/mol. The lowest BCUT2D eigenvalue weighted by atomic mass is 9.95. The van der Waals surface area contributed by atoms with Crippen LogP contribution in [0.1, 0.15) is 18.4 Å². The first-order valence-electron chi connectivity index (χ1n) is 9.47. The minimum atomic E-state index is -0.995. The monoisotopic (exact) mass is 411 g/mol. The summed E-state index contributed by atoms with van der Waals surface area (Å²) in [6.45, 7) is 1.47. The zero-order valence-electron chi connectivity index (χ0n) is 15.5. The number of benzene rings is 2. The summed E-state index contributed by atoms with van der Waals surface area (Å²) in [4.78, 5) is 2.02. The second-order valence-corrected chi connectivity index (χ2v) is 7.95. The SMILES string of the molecule is Oc1c(F)cc(CCN2C[C@H]3C[C@H](Oc4ccc(F)cc4F)C[C@@]3(O)C2)cc1F. The Balaban J connectivity index is 1.33. The lowest BCUT2D eigenvalue weighted by molar-refractivity contribution is 0.0218. The van der Waals surface area contributed by atoms with Gasteiger partial charge in [-0.3, -0.25) is 4.90 Å². The van der Waals surface area contributed by atoms with Crippen LogP contribution in [0, 0.1) is 29.2 Å². The lowest BCUT2D eigenvalue weighted by Crippen LogP contribution is -2.36. The van der Waals surface area contributed by atoms with Gasteiger partial charge in [0.15, 0.2) is 29.0 Å². The molecule has 4 nitrogen and oxygen atoms in total. The van der Waals surface area contributed by atoms with Gasteiger partial charge in [0.05, 0.1) is 5.60 Å². The van der Waals surface area contributed by atoms with Gasteiger partial charge in [-0.05, 0) is 42.7 Å². The van der Waals surface area contributed by atoms with E-state index in [0.29, 0.717) is 44.5 Å². The molecule has 0 spiro atoms. The van der Waals surface area contributed by atoms with E-state index in [-0.39, 0.29) is 17.8 Å². The number of phenols is 1. The number of fused-ring (bicyclic) bond motifs is 1. The molecule has 2 aromatic rings. The van der Waals surface area contributed by atoms with E-state index in [2.05, 4.69) is 0 Å². The number of ether oxygens (including phenoxy) is 1. The zero-order valence-corrected chi connectivity index (χ0v) is 15.5. The molecule has 0 bridgehead atoms. The summed E-state index contributed by atoms with van der Waals surface area (Å²) in [7, 11) is 0. The van der Waals surface area contributed by atoms with Gasteiger partial charge in [0, 0.05) is 38.0 Å². The molecule has 1 heterocycles. The average molecular weight is 411 g/mol. The van der Waals surface area contributed by atoms with Crippen molar-refractivity contribution < 1.29 is 32.5 Å². The van der Waals surface area contributed by atoms with Gasteiger partial charge in [0.25, 0.3) is 0 Å². The molecule has 0 aromatic heterocycles. The van der Waals surface area contributed by atoms with Crippen molar-refractivity contribution in [1.29, 1.82) is 0 Å². The lowest BCUT2D eigenvalue weighted by Gasteiger charge is -2.23. The molecule has 4 rings (SSSR count). The number of phenolic OH excluding ortho intramolecular Hbond substituents is 1. The van der Waals surface area contributed by atoms with Crippen LogP contribution in [0.5, 0.6) is 11.5 Å². The first kappa shape index (κ1) is 20.0. The van der Waals surface area contributed by atoms with Gasteiger partial charge in [-0.1, -0.05) is 0 Å². The molecule has 0 radical (unpaired) electrons. The highest BCUT2D eigenvalue weighted by molar-refractivity contribution is 5.30. The third-order valence-corrected chi connectivity index (χ3v) is 5.85. The number of aromatic hydroxyl groups is 1. The van der Waals surface area contributed by atoms with Crippen LogP contribution in [0.15, 0.2) is 30.3 Å². The zero-order chi connectivity index (χ0) is 20.8. The summed E-state index contributed by atoms with van der Waals surface area (Å²) in [5.74, 6) is -4.53. The summed E-state index contributed by atoms with van der Waals surface area (Å²) >= 11 is 0. The predicted octanol–water partition coefficient (Wildman–Crippen LogP) is 3.40. The van der Waals surface area contributed by atoms with Crippen LogP contribution >= 0.6 is 0 Å². The second kappa shape index (κ2) is 7.50. The van der Waals surface area contributed by atoms with E-state index in [1.807, 2.05) is 4.90 Å². The smallest absolute Gasteiger partial charge is 0.187 e. The standard InChI is InChI=1S/C21H21F4NO3/c22-14-1-2-19(16(23)8-14)29-15-7-13-10-26(11-21(13,28)9-15)4-3-12-5-17(24)20(27)18(25)6-12/h1-2,5-6,8,13,15,27-28H,3-4,7,9-11H2/t13-,15+,21-/m1/s1. The van der Waals surface area contributed by atoms with E-state index in [1.165, 1.54) is 6.07 Å². The number of hydrogen-bond acceptors (Lipinski definition) is 4. The maximum absolute atomic E-state index is 13.8.